The van der Waals surface area contributed by atoms with E-state index in [0.29, 0.717) is 6.42 Å². The third kappa shape index (κ3) is 3.81. The zero-order valence-electron chi connectivity index (χ0n) is 9.03. The fourth-order valence-electron chi connectivity index (χ4n) is 1.65. The Labute approximate surface area is 88.9 Å². The predicted octanol–water partition coefficient (Wildman–Crippen LogP) is 1.80. The van der Waals surface area contributed by atoms with Gasteiger partial charge in [0.05, 0.1) is 18.1 Å². The standard InChI is InChI=1S/C10H16N2O3/c1-8-4-3-5-10(12(13)14)7-9(6-8)11-15-2/h4,7,9,11H,3,5-6H2,1-2H3/b8-4-,10-7-. The van der Waals surface area contributed by atoms with Gasteiger partial charge in [-0.1, -0.05) is 11.6 Å². The minimum Gasteiger partial charge on any atom is -0.305 e. The molecule has 0 radical (unpaired) electrons. The number of rotatable bonds is 3. The molecule has 1 unspecified atom stereocenters. The molecule has 15 heavy (non-hydrogen) atoms. The second-order valence-electron chi connectivity index (χ2n) is 3.64. The molecule has 1 N–H and O–H groups in total. The first-order chi connectivity index (χ1) is 7.13. The van der Waals surface area contributed by atoms with Gasteiger partial charge in [0, 0.05) is 12.5 Å². The molecule has 0 aromatic carbocycles. The van der Waals surface area contributed by atoms with Gasteiger partial charge in [-0.2, -0.15) is 5.48 Å². The quantitative estimate of drug-likeness (QED) is 0.440. The fourth-order valence-corrected chi connectivity index (χ4v) is 1.65. The summed E-state index contributed by atoms with van der Waals surface area (Å²) in [6, 6.07) is -0.119. The summed E-state index contributed by atoms with van der Waals surface area (Å²) in [5.74, 6) is 0. The molecular weight excluding hydrogens is 196 g/mol. The molecular formula is C10H16N2O3. The average molecular weight is 212 g/mol. The van der Waals surface area contributed by atoms with Crippen LogP contribution in [0.15, 0.2) is 23.4 Å². The van der Waals surface area contributed by atoms with Gasteiger partial charge < -0.3 is 4.84 Å². The lowest BCUT2D eigenvalue weighted by atomic mass is 10.0. The van der Waals surface area contributed by atoms with Crippen molar-refractivity contribution in [2.75, 3.05) is 7.11 Å². The summed E-state index contributed by atoms with van der Waals surface area (Å²) in [5, 5.41) is 10.7. The molecule has 0 saturated carbocycles. The van der Waals surface area contributed by atoms with Gasteiger partial charge >= 0.3 is 0 Å². The fraction of sp³-hybridized carbons (Fsp3) is 0.600. The van der Waals surface area contributed by atoms with E-state index < -0.39 is 0 Å². The number of nitro groups is 1. The lowest BCUT2D eigenvalue weighted by Crippen LogP contribution is -2.28. The zero-order chi connectivity index (χ0) is 11.3. The van der Waals surface area contributed by atoms with Crippen LogP contribution in [0.5, 0.6) is 0 Å². The van der Waals surface area contributed by atoms with E-state index in [1.54, 1.807) is 6.08 Å². The monoisotopic (exact) mass is 212 g/mol. The van der Waals surface area contributed by atoms with E-state index in [4.69, 9.17) is 4.84 Å². The van der Waals surface area contributed by atoms with Crippen molar-refractivity contribution in [1.82, 2.24) is 5.48 Å². The molecule has 0 spiro atoms. The molecule has 1 aliphatic rings. The summed E-state index contributed by atoms with van der Waals surface area (Å²) in [5.41, 5.74) is 4.23. The smallest absolute Gasteiger partial charge is 0.244 e. The molecule has 84 valence electrons. The zero-order valence-corrected chi connectivity index (χ0v) is 9.03. The summed E-state index contributed by atoms with van der Waals surface area (Å²) < 4.78 is 0. The summed E-state index contributed by atoms with van der Waals surface area (Å²) in [6.45, 7) is 2.02. The van der Waals surface area contributed by atoms with Crippen molar-refractivity contribution >= 4 is 0 Å². The normalized spacial score (nSPS) is 29.3. The van der Waals surface area contributed by atoms with Crippen LogP contribution in [0.1, 0.15) is 26.2 Å². The number of allylic oxidation sites excluding steroid dienone is 2. The molecule has 0 aromatic rings. The Morgan fingerprint density at radius 1 is 1.67 bits per heavy atom. The number of nitrogens with one attached hydrogen (secondary N) is 1. The number of hydrogen-bond donors (Lipinski definition) is 1. The maximum Gasteiger partial charge on any atom is 0.244 e. The number of hydroxylamine groups is 1. The van der Waals surface area contributed by atoms with Gasteiger partial charge in [-0.3, -0.25) is 10.1 Å². The molecule has 0 saturated heterocycles. The van der Waals surface area contributed by atoms with Crippen molar-refractivity contribution in [1.29, 1.82) is 0 Å². The molecule has 1 rings (SSSR count). The largest absolute Gasteiger partial charge is 0.305 e. The number of nitrogens with zero attached hydrogens (tertiary/aromatic N) is 1. The van der Waals surface area contributed by atoms with E-state index in [1.807, 2.05) is 13.0 Å². The lowest BCUT2D eigenvalue weighted by molar-refractivity contribution is -0.428. The Hall–Kier alpha value is -1.20. The van der Waals surface area contributed by atoms with Gasteiger partial charge in [-0.15, -0.1) is 0 Å². The van der Waals surface area contributed by atoms with Crippen molar-refractivity contribution in [2.24, 2.45) is 0 Å². The van der Waals surface area contributed by atoms with E-state index in [-0.39, 0.29) is 16.7 Å². The maximum atomic E-state index is 10.7. The molecule has 1 aliphatic carbocycles. The van der Waals surface area contributed by atoms with Crippen LogP contribution in [0, 0.1) is 10.1 Å². The van der Waals surface area contributed by atoms with Gasteiger partial charge in [0.2, 0.25) is 5.70 Å². The average Bonchev–Trinajstić information content (AvgIpc) is 2.12. The van der Waals surface area contributed by atoms with Crippen LogP contribution in [0.2, 0.25) is 0 Å². The molecule has 0 amide bonds. The minimum atomic E-state index is -0.321. The third-order valence-electron chi connectivity index (χ3n) is 2.33. The van der Waals surface area contributed by atoms with E-state index in [1.165, 1.54) is 12.7 Å². The van der Waals surface area contributed by atoms with Crippen LogP contribution in [-0.4, -0.2) is 18.1 Å². The van der Waals surface area contributed by atoms with Crippen LogP contribution in [0.4, 0.5) is 0 Å². The lowest BCUT2D eigenvalue weighted by Gasteiger charge is -2.15. The van der Waals surface area contributed by atoms with Gasteiger partial charge in [0.25, 0.3) is 0 Å². The van der Waals surface area contributed by atoms with Crippen LogP contribution in [0.3, 0.4) is 0 Å². The predicted molar refractivity (Wildman–Crippen MR) is 56.6 cm³/mol. The summed E-state index contributed by atoms with van der Waals surface area (Å²) in [7, 11) is 1.51. The first kappa shape index (κ1) is 11.9. The highest BCUT2D eigenvalue weighted by Crippen LogP contribution is 2.17. The van der Waals surface area contributed by atoms with Gasteiger partial charge in [0.15, 0.2) is 0 Å². The second-order valence-corrected chi connectivity index (χ2v) is 3.64. The summed E-state index contributed by atoms with van der Waals surface area (Å²) in [6.07, 6.45) is 5.64. The van der Waals surface area contributed by atoms with E-state index >= 15 is 0 Å². The van der Waals surface area contributed by atoms with Crippen LogP contribution in [0.25, 0.3) is 0 Å². The van der Waals surface area contributed by atoms with Gasteiger partial charge in [-0.05, 0) is 19.8 Å². The molecule has 5 heteroatoms. The van der Waals surface area contributed by atoms with Crippen LogP contribution in [-0.2, 0) is 4.84 Å². The van der Waals surface area contributed by atoms with E-state index in [0.717, 1.165) is 12.8 Å². The van der Waals surface area contributed by atoms with Crippen LogP contribution < -0.4 is 5.48 Å². The van der Waals surface area contributed by atoms with E-state index in [9.17, 15) is 10.1 Å². The van der Waals surface area contributed by atoms with Crippen molar-refractivity contribution in [3.8, 4) is 0 Å². The van der Waals surface area contributed by atoms with Gasteiger partial charge in [0.1, 0.15) is 0 Å². The first-order valence-electron chi connectivity index (χ1n) is 4.92. The third-order valence-corrected chi connectivity index (χ3v) is 2.33. The Morgan fingerprint density at radius 3 is 3.00 bits per heavy atom. The number of hydrogen-bond acceptors (Lipinski definition) is 4. The highest BCUT2D eigenvalue weighted by molar-refractivity contribution is 5.11. The summed E-state index contributed by atoms with van der Waals surface area (Å²) >= 11 is 0. The van der Waals surface area contributed by atoms with Crippen LogP contribution >= 0.6 is 0 Å². The summed E-state index contributed by atoms with van der Waals surface area (Å²) in [4.78, 5) is 15.2. The molecule has 0 fully saturated rings. The SMILES string of the molecule is CONC1/C=C(\[N+](=O)[O-])CC/C=C(/C)C1. The van der Waals surface area contributed by atoms with Crippen molar-refractivity contribution < 1.29 is 9.76 Å². The topological polar surface area (TPSA) is 64.4 Å². The molecule has 0 bridgehead atoms. The second kappa shape index (κ2) is 5.63. The Balaban J connectivity index is 2.78. The molecule has 1 atom stereocenters. The van der Waals surface area contributed by atoms with Crippen molar-refractivity contribution in [3.05, 3.63) is 33.5 Å². The van der Waals surface area contributed by atoms with Crippen molar-refractivity contribution in [3.63, 3.8) is 0 Å². The van der Waals surface area contributed by atoms with Gasteiger partial charge in [-0.25, -0.2) is 0 Å². The molecule has 0 aliphatic heterocycles. The Kier molecular flexibility index (Phi) is 4.45. The van der Waals surface area contributed by atoms with E-state index in [2.05, 4.69) is 5.48 Å². The Bertz CT molecular complexity index is 297. The Morgan fingerprint density at radius 2 is 2.40 bits per heavy atom. The van der Waals surface area contributed by atoms with Crippen molar-refractivity contribution in [2.45, 2.75) is 32.2 Å². The molecule has 0 aromatic heterocycles. The first-order valence-corrected chi connectivity index (χ1v) is 4.92. The maximum absolute atomic E-state index is 10.7. The highest BCUT2D eigenvalue weighted by Gasteiger charge is 2.17. The highest BCUT2D eigenvalue weighted by atomic mass is 16.6. The minimum absolute atomic E-state index is 0.119. The molecule has 5 nitrogen and oxygen atoms in total. The molecule has 0 heterocycles.